The first-order valence-electron chi connectivity index (χ1n) is 7.53. The molecule has 0 aromatic heterocycles. The van der Waals surface area contributed by atoms with E-state index in [4.69, 9.17) is 16.3 Å². The van der Waals surface area contributed by atoms with Crippen molar-refractivity contribution in [2.75, 3.05) is 33.3 Å². The number of nitrogens with zero attached hydrogens (tertiary/aromatic N) is 1. The van der Waals surface area contributed by atoms with Crippen molar-refractivity contribution in [1.82, 2.24) is 9.62 Å². The van der Waals surface area contributed by atoms with Gasteiger partial charge in [-0.2, -0.15) is 4.31 Å². The Hall–Kier alpha value is -0.820. The van der Waals surface area contributed by atoms with Gasteiger partial charge in [-0.3, -0.25) is 0 Å². The van der Waals surface area contributed by atoms with Crippen LogP contribution in [0.2, 0.25) is 5.02 Å². The average molecular weight is 347 g/mol. The lowest BCUT2D eigenvalue weighted by molar-refractivity contribution is 0.267. The van der Waals surface area contributed by atoms with Gasteiger partial charge in [0.1, 0.15) is 10.6 Å². The van der Waals surface area contributed by atoms with Gasteiger partial charge in [-0.1, -0.05) is 18.5 Å². The molecule has 1 saturated heterocycles. The zero-order valence-electron chi connectivity index (χ0n) is 13.0. The van der Waals surface area contributed by atoms with Crippen LogP contribution in [0.25, 0.3) is 0 Å². The topological polar surface area (TPSA) is 58.6 Å². The average Bonchev–Trinajstić information content (AvgIpc) is 2.53. The van der Waals surface area contributed by atoms with Gasteiger partial charge in [0.2, 0.25) is 10.0 Å². The zero-order valence-corrected chi connectivity index (χ0v) is 14.6. The van der Waals surface area contributed by atoms with Crippen LogP contribution in [0, 0.1) is 5.92 Å². The summed E-state index contributed by atoms with van der Waals surface area (Å²) in [7, 11) is -2.10. The summed E-state index contributed by atoms with van der Waals surface area (Å²) < 4.78 is 32.3. The quantitative estimate of drug-likeness (QED) is 0.859. The molecule has 0 aliphatic carbocycles. The van der Waals surface area contributed by atoms with Gasteiger partial charge in [0.15, 0.2) is 0 Å². The highest BCUT2D eigenvalue weighted by Gasteiger charge is 2.31. The van der Waals surface area contributed by atoms with Crippen LogP contribution in [0.4, 0.5) is 0 Å². The van der Waals surface area contributed by atoms with Crippen LogP contribution in [0.3, 0.4) is 0 Å². The molecule has 5 nitrogen and oxygen atoms in total. The van der Waals surface area contributed by atoms with Crippen LogP contribution in [0.15, 0.2) is 23.1 Å². The summed E-state index contributed by atoms with van der Waals surface area (Å²) in [5, 5.41) is 3.71. The Labute approximate surface area is 137 Å². The second-order valence-electron chi connectivity index (χ2n) is 5.45. The van der Waals surface area contributed by atoms with Crippen LogP contribution in [-0.4, -0.2) is 46.0 Å². The van der Waals surface area contributed by atoms with Gasteiger partial charge < -0.3 is 10.1 Å². The number of hydrogen-bond acceptors (Lipinski definition) is 4. The Morgan fingerprint density at radius 2 is 2.05 bits per heavy atom. The minimum Gasteiger partial charge on any atom is -0.495 e. The first kappa shape index (κ1) is 17.5. The third kappa shape index (κ3) is 3.93. The van der Waals surface area contributed by atoms with E-state index >= 15 is 0 Å². The molecule has 0 atom stereocenters. The number of methoxy groups -OCH3 is 1. The number of nitrogens with one attached hydrogen (secondary N) is 1. The van der Waals surface area contributed by atoms with Crippen molar-refractivity contribution in [3.63, 3.8) is 0 Å². The van der Waals surface area contributed by atoms with E-state index in [1.807, 2.05) is 0 Å². The fourth-order valence-electron chi connectivity index (χ4n) is 2.69. The van der Waals surface area contributed by atoms with E-state index in [-0.39, 0.29) is 4.90 Å². The Morgan fingerprint density at radius 1 is 1.36 bits per heavy atom. The van der Waals surface area contributed by atoms with Crippen LogP contribution in [-0.2, 0) is 10.0 Å². The van der Waals surface area contributed by atoms with Crippen molar-refractivity contribution in [3.8, 4) is 5.75 Å². The highest BCUT2D eigenvalue weighted by Crippen LogP contribution is 2.31. The van der Waals surface area contributed by atoms with Crippen LogP contribution >= 0.6 is 11.6 Å². The molecule has 0 bridgehead atoms. The molecule has 1 aliphatic rings. The molecule has 7 heteroatoms. The minimum atomic E-state index is -3.57. The highest BCUT2D eigenvalue weighted by atomic mass is 35.5. The second-order valence-corrected chi connectivity index (χ2v) is 7.79. The third-order valence-electron chi connectivity index (χ3n) is 4.00. The molecule has 0 unspecified atom stereocenters. The third-order valence-corrected chi connectivity index (χ3v) is 6.15. The lowest BCUT2D eigenvalue weighted by atomic mass is 9.98. The molecule has 1 fully saturated rings. The molecule has 22 heavy (non-hydrogen) atoms. The number of ether oxygens (including phenoxy) is 1. The van der Waals surface area contributed by atoms with E-state index in [0.717, 1.165) is 25.9 Å². The molecule has 1 N–H and O–H groups in total. The van der Waals surface area contributed by atoms with Gasteiger partial charge >= 0.3 is 0 Å². The Balaban J connectivity index is 2.14. The van der Waals surface area contributed by atoms with E-state index in [1.165, 1.54) is 17.5 Å². The predicted octanol–water partition coefficient (Wildman–Crippen LogP) is 2.36. The normalized spacial score (nSPS) is 17.6. The first-order chi connectivity index (χ1) is 10.5. The maximum Gasteiger partial charge on any atom is 0.246 e. The fraction of sp³-hybridized carbons (Fsp3) is 0.600. The van der Waals surface area contributed by atoms with Crippen LogP contribution in [0.1, 0.15) is 19.8 Å². The number of rotatable bonds is 6. The summed E-state index contributed by atoms with van der Waals surface area (Å²) in [6.07, 6.45) is 1.74. The molecule has 0 spiro atoms. The summed E-state index contributed by atoms with van der Waals surface area (Å²) >= 11 is 5.95. The number of halogens is 1. The molecule has 1 aromatic rings. The smallest absolute Gasteiger partial charge is 0.246 e. The molecular formula is C15H23ClN2O3S. The van der Waals surface area contributed by atoms with E-state index < -0.39 is 10.0 Å². The van der Waals surface area contributed by atoms with Gasteiger partial charge in [0.05, 0.1) is 7.11 Å². The number of sulfonamides is 1. The summed E-state index contributed by atoms with van der Waals surface area (Å²) in [5.41, 5.74) is 0. The van der Waals surface area contributed by atoms with Crippen molar-refractivity contribution in [2.45, 2.75) is 24.7 Å². The zero-order chi connectivity index (χ0) is 16.2. The first-order valence-corrected chi connectivity index (χ1v) is 9.35. The van der Waals surface area contributed by atoms with E-state index in [9.17, 15) is 8.42 Å². The molecule has 0 radical (unpaired) electrons. The molecule has 0 saturated carbocycles. The Morgan fingerprint density at radius 3 is 2.64 bits per heavy atom. The highest BCUT2D eigenvalue weighted by molar-refractivity contribution is 7.89. The summed E-state index contributed by atoms with van der Waals surface area (Å²) in [5.74, 6) is 0.867. The minimum absolute atomic E-state index is 0.146. The standard InChI is InChI=1S/C15H23ClN2O3S/c1-3-17-11-12-6-8-18(9-7-12)22(19,20)15-10-13(16)4-5-14(15)21-2/h4-5,10,12,17H,3,6-9,11H2,1-2H3. The summed E-state index contributed by atoms with van der Waals surface area (Å²) in [6.45, 7) is 5.04. The number of hydrogen-bond donors (Lipinski definition) is 1. The monoisotopic (exact) mass is 346 g/mol. The van der Waals surface area contributed by atoms with Gasteiger partial charge in [-0.15, -0.1) is 0 Å². The number of piperidine rings is 1. The summed E-state index contributed by atoms with van der Waals surface area (Å²) in [4.78, 5) is 0.146. The molecule has 1 heterocycles. The van der Waals surface area contributed by atoms with Crippen molar-refractivity contribution < 1.29 is 13.2 Å². The number of benzene rings is 1. The predicted molar refractivity (Wildman–Crippen MR) is 88.0 cm³/mol. The Bertz CT molecular complexity index is 599. The second kappa shape index (κ2) is 7.64. The molecule has 1 aliphatic heterocycles. The van der Waals surface area contributed by atoms with E-state index in [1.54, 1.807) is 12.1 Å². The molecular weight excluding hydrogens is 324 g/mol. The van der Waals surface area contributed by atoms with Gasteiger partial charge in [-0.25, -0.2) is 8.42 Å². The van der Waals surface area contributed by atoms with Gasteiger partial charge in [0, 0.05) is 18.1 Å². The molecule has 0 amide bonds. The van der Waals surface area contributed by atoms with Gasteiger partial charge in [-0.05, 0) is 50.0 Å². The Kier molecular flexibility index (Phi) is 6.09. The maximum atomic E-state index is 12.8. The summed E-state index contributed by atoms with van der Waals surface area (Å²) in [6, 6.07) is 4.68. The molecule has 124 valence electrons. The van der Waals surface area contributed by atoms with Crippen LogP contribution in [0.5, 0.6) is 5.75 Å². The van der Waals surface area contributed by atoms with Crippen molar-refractivity contribution in [3.05, 3.63) is 23.2 Å². The lowest BCUT2D eigenvalue weighted by Crippen LogP contribution is -2.40. The lowest BCUT2D eigenvalue weighted by Gasteiger charge is -2.31. The maximum absolute atomic E-state index is 12.8. The van der Waals surface area contributed by atoms with Crippen molar-refractivity contribution in [1.29, 1.82) is 0 Å². The molecule has 2 rings (SSSR count). The fourth-order valence-corrected chi connectivity index (χ4v) is 4.58. The molecule has 1 aromatic carbocycles. The van der Waals surface area contributed by atoms with Crippen molar-refractivity contribution in [2.24, 2.45) is 5.92 Å². The van der Waals surface area contributed by atoms with Crippen molar-refractivity contribution >= 4 is 21.6 Å². The van der Waals surface area contributed by atoms with Gasteiger partial charge in [0.25, 0.3) is 0 Å². The SMILES string of the molecule is CCNCC1CCN(S(=O)(=O)c2cc(Cl)ccc2OC)CC1. The largest absolute Gasteiger partial charge is 0.495 e. The van der Waals surface area contributed by atoms with E-state index in [0.29, 0.717) is 29.8 Å². The van der Waals surface area contributed by atoms with Crippen LogP contribution < -0.4 is 10.1 Å². The van der Waals surface area contributed by atoms with E-state index in [2.05, 4.69) is 12.2 Å².